The molecule has 1 amide bonds. The molecule has 0 saturated heterocycles. The lowest BCUT2D eigenvalue weighted by molar-refractivity contribution is -0.147. The van der Waals surface area contributed by atoms with E-state index in [1.807, 2.05) is 6.08 Å². The van der Waals surface area contributed by atoms with Gasteiger partial charge in [0.05, 0.1) is 11.8 Å². The highest BCUT2D eigenvalue weighted by atomic mass is 16.4. The van der Waals surface area contributed by atoms with Gasteiger partial charge in [0.2, 0.25) is 5.91 Å². The predicted molar refractivity (Wildman–Crippen MR) is 75.1 cm³/mol. The highest BCUT2D eigenvalue weighted by Crippen LogP contribution is 2.65. The normalized spacial score (nSPS) is 54.8. The van der Waals surface area contributed by atoms with Crippen LogP contribution in [0, 0.1) is 47.3 Å². The third kappa shape index (κ3) is 1.51. The number of fused-ring (bicyclic) bond motifs is 7. The van der Waals surface area contributed by atoms with Crippen LogP contribution in [0.1, 0.15) is 25.7 Å². The van der Waals surface area contributed by atoms with E-state index in [0.29, 0.717) is 17.9 Å². The zero-order valence-electron chi connectivity index (χ0n) is 11.9. The average molecular weight is 287 g/mol. The third-order valence-electron chi connectivity index (χ3n) is 7.09. The summed E-state index contributed by atoms with van der Waals surface area (Å²) in [4.78, 5) is 24.2. The van der Waals surface area contributed by atoms with Gasteiger partial charge in [-0.25, -0.2) is 0 Å². The van der Waals surface area contributed by atoms with Gasteiger partial charge in [-0.2, -0.15) is 0 Å². The standard InChI is InChI=1S/C17H21NO3/c19-16(13-9-3-4-10(6-9)14(13)17(20)21)18-15-11-7-1-2-8(5-7)12(11)15/h3-4,7-15H,1-2,5-6H2,(H,18,19)(H,20,21). The number of allylic oxidation sites excluding steroid dienone is 2. The second-order valence-corrected chi connectivity index (χ2v) is 7.86. The highest BCUT2D eigenvalue weighted by molar-refractivity contribution is 5.87. The van der Waals surface area contributed by atoms with E-state index in [2.05, 4.69) is 11.4 Å². The summed E-state index contributed by atoms with van der Waals surface area (Å²) in [7, 11) is 0. The Morgan fingerprint density at radius 2 is 1.57 bits per heavy atom. The van der Waals surface area contributed by atoms with Crippen molar-refractivity contribution in [3.8, 4) is 0 Å². The maximum Gasteiger partial charge on any atom is 0.307 e. The number of hydrogen-bond donors (Lipinski definition) is 2. The fourth-order valence-electron chi connectivity index (χ4n) is 6.30. The zero-order chi connectivity index (χ0) is 14.3. The van der Waals surface area contributed by atoms with Crippen molar-refractivity contribution in [1.82, 2.24) is 5.32 Å². The summed E-state index contributed by atoms with van der Waals surface area (Å²) in [5, 5.41) is 12.7. The van der Waals surface area contributed by atoms with Crippen LogP contribution in [-0.2, 0) is 9.59 Å². The van der Waals surface area contributed by atoms with Gasteiger partial charge < -0.3 is 10.4 Å². The van der Waals surface area contributed by atoms with E-state index in [4.69, 9.17) is 0 Å². The summed E-state index contributed by atoms with van der Waals surface area (Å²) in [6, 6.07) is 0.362. The number of hydrogen-bond acceptors (Lipinski definition) is 2. The summed E-state index contributed by atoms with van der Waals surface area (Å²) >= 11 is 0. The van der Waals surface area contributed by atoms with Crippen LogP contribution in [0.4, 0.5) is 0 Å². The van der Waals surface area contributed by atoms with Crippen LogP contribution in [0.3, 0.4) is 0 Å². The van der Waals surface area contributed by atoms with Gasteiger partial charge in [0.15, 0.2) is 0 Å². The van der Waals surface area contributed by atoms with Crippen molar-refractivity contribution in [1.29, 1.82) is 0 Å². The summed E-state index contributed by atoms with van der Waals surface area (Å²) < 4.78 is 0. The van der Waals surface area contributed by atoms with Gasteiger partial charge in [-0.3, -0.25) is 9.59 Å². The molecule has 112 valence electrons. The Morgan fingerprint density at radius 3 is 2.19 bits per heavy atom. The molecule has 0 aromatic heterocycles. The average Bonchev–Trinajstić information content (AvgIpc) is 2.99. The second kappa shape index (κ2) is 3.90. The Kier molecular flexibility index (Phi) is 2.28. The number of carbonyl (C=O) groups is 2. The Morgan fingerprint density at radius 1 is 0.952 bits per heavy atom. The maximum atomic E-state index is 12.7. The predicted octanol–water partition coefficient (Wildman–Crippen LogP) is 1.67. The molecule has 0 spiro atoms. The van der Waals surface area contributed by atoms with Gasteiger partial charge in [0.1, 0.15) is 0 Å². The largest absolute Gasteiger partial charge is 0.481 e. The molecule has 4 saturated carbocycles. The zero-order valence-corrected chi connectivity index (χ0v) is 11.9. The molecule has 5 aliphatic carbocycles. The number of aliphatic carboxylic acids is 1. The molecule has 2 N–H and O–H groups in total. The molecular weight excluding hydrogens is 266 g/mol. The quantitative estimate of drug-likeness (QED) is 0.776. The molecule has 4 bridgehead atoms. The fraction of sp³-hybridized carbons (Fsp3) is 0.765. The van der Waals surface area contributed by atoms with Crippen molar-refractivity contribution >= 4 is 11.9 Å². The Balaban J connectivity index is 1.31. The van der Waals surface area contributed by atoms with E-state index in [1.54, 1.807) is 0 Å². The topological polar surface area (TPSA) is 66.4 Å². The fourth-order valence-corrected chi connectivity index (χ4v) is 6.30. The van der Waals surface area contributed by atoms with Crippen molar-refractivity contribution < 1.29 is 14.7 Å². The first kappa shape index (κ1) is 12.2. The summed E-state index contributed by atoms with van der Waals surface area (Å²) in [6.45, 7) is 0. The lowest BCUT2D eigenvalue weighted by atomic mass is 9.82. The first-order valence-corrected chi connectivity index (χ1v) is 8.36. The van der Waals surface area contributed by atoms with Crippen molar-refractivity contribution in [3.63, 3.8) is 0 Å². The monoisotopic (exact) mass is 287 g/mol. The summed E-state index contributed by atoms with van der Waals surface area (Å²) in [6.07, 6.45) is 8.96. The SMILES string of the molecule is O=C(O)C1C2C=CC(C2)C1C(=O)NC1C2C3CCC(C3)C12. The first-order chi connectivity index (χ1) is 10.1. The molecule has 0 heterocycles. The van der Waals surface area contributed by atoms with E-state index in [-0.39, 0.29) is 23.7 Å². The number of carbonyl (C=O) groups excluding carboxylic acids is 1. The number of rotatable bonds is 3. The molecular formula is C17H21NO3. The van der Waals surface area contributed by atoms with Crippen LogP contribution in [0.2, 0.25) is 0 Å². The van der Waals surface area contributed by atoms with Crippen LogP contribution in [0.15, 0.2) is 12.2 Å². The number of nitrogens with one attached hydrogen (secondary N) is 1. The second-order valence-electron chi connectivity index (χ2n) is 7.86. The number of carboxylic acids is 1. The minimum absolute atomic E-state index is 0.0121. The number of carboxylic acid groups (broad SMARTS) is 1. The highest BCUT2D eigenvalue weighted by Gasteiger charge is 2.66. The van der Waals surface area contributed by atoms with Crippen LogP contribution in [0.5, 0.6) is 0 Å². The minimum atomic E-state index is -0.803. The Bertz CT molecular complexity index is 540. The third-order valence-corrected chi connectivity index (χ3v) is 7.09. The van der Waals surface area contributed by atoms with E-state index in [0.717, 1.165) is 18.3 Å². The molecule has 4 heteroatoms. The van der Waals surface area contributed by atoms with Crippen molar-refractivity contribution in [2.45, 2.75) is 31.7 Å². The van der Waals surface area contributed by atoms with Crippen LogP contribution in [-0.4, -0.2) is 23.0 Å². The molecule has 5 aliphatic rings. The Labute approximate surface area is 124 Å². The lowest BCUT2D eigenvalue weighted by Gasteiger charge is -2.24. The Hall–Kier alpha value is -1.32. The van der Waals surface area contributed by atoms with Crippen molar-refractivity contribution in [3.05, 3.63) is 12.2 Å². The molecule has 4 nitrogen and oxygen atoms in total. The molecule has 5 rings (SSSR count). The van der Waals surface area contributed by atoms with E-state index in [9.17, 15) is 14.7 Å². The summed E-state index contributed by atoms with van der Waals surface area (Å²) in [5.41, 5.74) is 0. The van der Waals surface area contributed by atoms with E-state index < -0.39 is 11.9 Å². The maximum absolute atomic E-state index is 12.7. The van der Waals surface area contributed by atoms with Gasteiger partial charge in [0, 0.05) is 6.04 Å². The minimum Gasteiger partial charge on any atom is -0.481 e. The van der Waals surface area contributed by atoms with Crippen LogP contribution >= 0.6 is 0 Å². The first-order valence-electron chi connectivity index (χ1n) is 8.36. The molecule has 0 aliphatic heterocycles. The van der Waals surface area contributed by atoms with E-state index >= 15 is 0 Å². The summed E-state index contributed by atoms with van der Waals surface area (Å²) in [5.74, 6) is 1.67. The molecule has 8 atom stereocenters. The lowest BCUT2D eigenvalue weighted by Crippen LogP contribution is -2.42. The van der Waals surface area contributed by atoms with Gasteiger partial charge >= 0.3 is 5.97 Å². The molecule has 21 heavy (non-hydrogen) atoms. The van der Waals surface area contributed by atoms with Gasteiger partial charge in [-0.1, -0.05) is 12.2 Å². The smallest absolute Gasteiger partial charge is 0.307 e. The van der Waals surface area contributed by atoms with Crippen molar-refractivity contribution in [2.75, 3.05) is 0 Å². The van der Waals surface area contributed by atoms with Gasteiger partial charge in [-0.05, 0) is 61.2 Å². The van der Waals surface area contributed by atoms with Gasteiger partial charge in [-0.15, -0.1) is 0 Å². The molecule has 4 fully saturated rings. The molecule has 0 aromatic rings. The van der Waals surface area contributed by atoms with Crippen LogP contribution in [0.25, 0.3) is 0 Å². The van der Waals surface area contributed by atoms with E-state index in [1.165, 1.54) is 19.3 Å². The van der Waals surface area contributed by atoms with Crippen LogP contribution < -0.4 is 5.32 Å². The number of amides is 1. The molecule has 0 radical (unpaired) electrons. The van der Waals surface area contributed by atoms with Crippen molar-refractivity contribution in [2.24, 2.45) is 47.3 Å². The molecule has 8 unspecified atom stereocenters. The molecule has 0 aromatic carbocycles. The van der Waals surface area contributed by atoms with Gasteiger partial charge in [0.25, 0.3) is 0 Å².